The largest absolute Gasteiger partial charge is 0.495 e. The molecule has 3 atom stereocenters. The van der Waals surface area contributed by atoms with E-state index in [2.05, 4.69) is 12.2 Å². The molecule has 3 aromatic rings. The molecule has 0 radical (unpaired) electrons. The van der Waals surface area contributed by atoms with E-state index in [1.165, 1.54) is 4.90 Å². The Kier molecular flexibility index (Phi) is 2.99. The number of allylic oxidation sites excluding steroid dienone is 2. The molecule has 6 rings (SSSR count). The number of carbonyl (C=O) groups is 2. The molecule has 3 unspecified atom stereocenters. The van der Waals surface area contributed by atoms with Crippen LogP contribution in [0.15, 0.2) is 53.0 Å². The molecule has 1 aliphatic heterocycles. The van der Waals surface area contributed by atoms with Gasteiger partial charge >= 0.3 is 0 Å². The Balaban J connectivity index is 1.56. The van der Waals surface area contributed by atoms with Crippen molar-refractivity contribution < 1.29 is 18.7 Å². The zero-order chi connectivity index (χ0) is 19.0. The summed E-state index contributed by atoms with van der Waals surface area (Å²) in [5, 5.41) is 1.89. The van der Waals surface area contributed by atoms with Crippen molar-refractivity contribution in [2.45, 2.75) is 19.3 Å². The molecule has 140 valence electrons. The summed E-state index contributed by atoms with van der Waals surface area (Å²) in [7, 11) is 1.57. The zero-order valence-electron chi connectivity index (χ0n) is 15.5. The van der Waals surface area contributed by atoms with Crippen LogP contribution < -0.4 is 9.64 Å². The Morgan fingerprint density at radius 3 is 2.82 bits per heavy atom. The van der Waals surface area contributed by atoms with Crippen molar-refractivity contribution in [3.05, 3.63) is 48.6 Å². The lowest BCUT2D eigenvalue weighted by Crippen LogP contribution is -2.35. The first-order valence-electron chi connectivity index (χ1n) is 9.68. The minimum Gasteiger partial charge on any atom is -0.495 e. The van der Waals surface area contributed by atoms with E-state index in [0.717, 1.165) is 29.2 Å². The summed E-state index contributed by atoms with van der Waals surface area (Å²) in [4.78, 5) is 28.2. The number of methoxy groups -OCH3 is 1. The van der Waals surface area contributed by atoms with E-state index < -0.39 is 5.41 Å². The molecule has 1 saturated carbocycles. The predicted molar refractivity (Wildman–Crippen MR) is 105 cm³/mol. The maximum atomic E-state index is 13.5. The summed E-state index contributed by atoms with van der Waals surface area (Å²) in [6, 6.07) is 11.4. The first-order valence-corrected chi connectivity index (χ1v) is 9.68. The van der Waals surface area contributed by atoms with E-state index in [1.807, 2.05) is 30.3 Å². The third-order valence-corrected chi connectivity index (χ3v) is 6.85. The minimum atomic E-state index is -0.579. The lowest BCUT2D eigenvalue weighted by molar-refractivity contribution is -0.126. The number of anilines is 1. The van der Waals surface area contributed by atoms with E-state index >= 15 is 0 Å². The number of fused-ring (bicyclic) bond motifs is 3. The van der Waals surface area contributed by atoms with Crippen LogP contribution >= 0.6 is 0 Å². The third-order valence-electron chi connectivity index (χ3n) is 6.85. The van der Waals surface area contributed by atoms with Gasteiger partial charge in [-0.15, -0.1) is 0 Å². The third kappa shape index (κ3) is 1.77. The summed E-state index contributed by atoms with van der Waals surface area (Å²) in [6.07, 6.45) is 6.51. The van der Waals surface area contributed by atoms with E-state index in [0.29, 0.717) is 23.4 Å². The molecule has 28 heavy (non-hydrogen) atoms. The van der Waals surface area contributed by atoms with E-state index in [-0.39, 0.29) is 23.7 Å². The summed E-state index contributed by atoms with van der Waals surface area (Å²) >= 11 is 0. The molecule has 2 aliphatic carbocycles. The molecule has 3 aliphatic rings. The van der Waals surface area contributed by atoms with Gasteiger partial charge in [-0.1, -0.05) is 30.4 Å². The lowest BCUT2D eigenvalue weighted by atomic mass is 9.72. The molecule has 1 aromatic heterocycles. The molecule has 2 heterocycles. The number of nitrogens with zero attached hydrogens (tertiary/aromatic N) is 1. The molecule has 1 saturated heterocycles. The van der Waals surface area contributed by atoms with Crippen LogP contribution in [0.5, 0.6) is 5.75 Å². The fourth-order valence-corrected chi connectivity index (χ4v) is 5.56. The van der Waals surface area contributed by atoms with Crippen molar-refractivity contribution >= 4 is 39.4 Å². The highest BCUT2D eigenvalue weighted by molar-refractivity contribution is 6.25. The van der Waals surface area contributed by atoms with Gasteiger partial charge in [0.25, 0.3) is 0 Å². The Labute approximate surface area is 161 Å². The van der Waals surface area contributed by atoms with Gasteiger partial charge in [0.1, 0.15) is 16.9 Å². The average molecular weight is 373 g/mol. The maximum absolute atomic E-state index is 13.5. The highest BCUT2D eigenvalue weighted by Gasteiger charge is 2.65. The molecule has 5 heteroatoms. The van der Waals surface area contributed by atoms with Gasteiger partial charge in [-0.2, -0.15) is 0 Å². The molecular weight excluding hydrogens is 354 g/mol. The van der Waals surface area contributed by atoms with Gasteiger partial charge < -0.3 is 9.15 Å². The quantitative estimate of drug-likeness (QED) is 0.492. The Morgan fingerprint density at radius 1 is 1.14 bits per heavy atom. The number of carbonyl (C=O) groups excluding carboxylic acids is 2. The van der Waals surface area contributed by atoms with Crippen LogP contribution in [0.1, 0.15) is 19.3 Å². The summed E-state index contributed by atoms with van der Waals surface area (Å²) < 4.78 is 11.6. The topological polar surface area (TPSA) is 59.8 Å². The van der Waals surface area contributed by atoms with Crippen molar-refractivity contribution in [2.24, 2.45) is 17.3 Å². The second-order valence-corrected chi connectivity index (χ2v) is 8.07. The second-order valence-electron chi connectivity index (χ2n) is 8.07. The Morgan fingerprint density at radius 2 is 2.00 bits per heavy atom. The highest BCUT2D eigenvalue weighted by atomic mass is 16.5. The van der Waals surface area contributed by atoms with Gasteiger partial charge in [0.05, 0.1) is 24.1 Å². The molecule has 0 N–H and O–H groups in total. The van der Waals surface area contributed by atoms with Crippen LogP contribution in [-0.2, 0) is 9.59 Å². The Hall–Kier alpha value is -3.08. The second kappa shape index (κ2) is 5.25. The fraction of sp³-hybridized carbons (Fsp3) is 0.304. The average Bonchev–Trinajstić information content (AvgIpc) is 3.26. The summed E-state index contributed by atoms with van der Waals surface area (Å²) in [5.74, 6) is 0.227. The number of amides is 2. The van der Waals surface area contributed by atoms with Gasteiger partial charge in [0, 0.05) is 16.8 Å². The summed E-state index contributed by atoms with van der Waals surface area (Å²) in [6.45, 7) is 0. The van der Waals surface area contributed by atoms with Gasteiger partial charge in [0.2, 0.25) is 11.8 Å². The normalized spacial score (nSPS) is 28.5. The monoisotopic (exact) mass is 373 g/mol. The number of rotatable bonds is 2. The van der Waals surface area contributed by atoms with Crippen LogP contribution in [0.3, 0.4) is 0 Å². The van der Waals surface area contributed by atoms with Gasteiger partial charge in [0.15, 0.2) is 0 Å². The number of hydrogen-bond acceptors (Lipinski definition) is 4. The standard InChI is InChI=1S/C23H19NO4/c1-27-19-11-15-14-6-2-3-7-17(14)28-18(15)12-16(19)24-21(25)20-13-5-4-9-23(20,10-8-13)22(24)26/h2-7,11-13,20H,8-10H2,1H3. The van der Waals surface area contributed by atoms with Crippen LogP contribution in [0, 0.1) is 17.3 Å². The van der Waals surface area contributed by atoms with Crippen molar-refractivity contribution in [1.29, 1.82) is 0 Å². The van der Waals surface area contributed by atoms with Gasteiger partial charge in [-0.05, 0) is 37.3 Å². The number of para-hydroxylation sites is 1. The number of furan rings is 1. The SMILES string of the molecule is COc1cc2c(cc1N1C(=O)C3C4C=CCC3(CC4)C1=O)oc1ccccc12. The van der Waals surface area contributed by atoms with Crippen molar-refractivity contribution in [2.75, 3.05) is 12.0 Å². The van der Waals surface area contributed by atoms with Crippen LogP contribution in [0.2, 0.25) is 0 Å². The van der Waals surface area contributed by atoms with Crippen molar-refractivity contribution in [1.82, 2.24) is 0 Å². The number of imide groups is 1. The lowest BCUT2D eigenvalue weighted by Gasteiger charge is -2.27. The highest BCUT2D eigenvalue weighted by Crippen LogP contribution is 2.59. The first kappa shape index (κ1) is 15.9. The smallest absolute Gasteiger partial charge is 0.241 e. The van der Waals surface area contributed by atoms with Crippen LogP contribution in [0.4, 0.5) is 5.69 Å². The minimum absolute atomic E-state index is 0.0943. The number of benzene rings is 2. The van der Waals surface area contributed by atoms with E-state index in [9.17, 15) is 9.59 Å². The number of hydrogen-bond donors (Lipinski definition) is 0. The molecule has 2 bridgehead atoms. The number of ether oxygens (including phenoxy) is 1. The van der Waals surface area contributed by atoms with Crippen LogP contribution in [-0.4, -0.2) is 18.9 Å². The molecule has 2 amide bonds. The summed E-state index contributed by atoms with van der Waals surface area (Å²) in [5.41, 5.74) is 1.32. The van der Waals surface area contributed by atoms with E-state index in [4.69, 9.17) is 9.15 Å². The van der Waals surface area contributed by atoms with E-state index in [1.54, 1.807) is 13.2 Å². The zero-order valence-corrected chi connectivity index (χ0v) is 15.5. The fourth-order valence-electron chi connectivity index (χ4n) is 5.56. The molecule has 0 spiro atoms. The van der Waals surface area contributed by atoms with Crippen molar-refractivity contribution in [3.63, 3.8) is 0 Å². The van der Waals surface area contributed by atoms with Gasteiger partial charge in [-0.25, -0.2) is 4.90 Å². The first-order chi connectivity index (χ1) is 13.6. The maximum Gasteiger partial charge on any atom is 0.241 e. The van der Waals surface area contributed by atoms with Gasteiger partial charge in [-0.3, -0.25) is 9.59 Å². The molecule has 2 aromatic carbocycles. The molecule has 2 fully saturated rings. The predicted octanol–water partition coefficient (Wildman–Crippen LogP) is 4.44. The van der Waals surface area contributed by atoms with Crippen molar-refractivity contribution in [3.8, 4) is 5.75 Å². The molecule has 5 nitrogen and oxygen atoms in total. The Bertz CT molecular complexity index is 1210. The van der Waals surface area contributed by atoms with Crippen LogP contribution in [0.25, 0.3) is 21.9 Å². The molecular formula is C23H19NO4.